The van der Waals surface area contributed by atoms with Crippen LogP contribution in [0, 0.1) is 12.7 Å². The van der Waals surface area contributed by atoms with E-state index in [0.29, 0.717) is 18.5 Å². The minimum absolute atomic E-state index is 0.0804. The van der Waals surface area contributed by atoms with Gasteiger partial charge in [0.2, 0.25) is 5.91 Å². The first-order chi connectivity index (χ1) is 14.1. The summed E-state index contributed by atoms with van der Waals surface area (Å²) in [6, 6.07) is 13.1. The van der Waals surface area contributed by atoms with Gasteiger partial charge in [0.25, 0.3) is 15.9 Å². The van der Waals surface area contributed by atoms with Gasteiger partial charge in [-0.3, -0.25) is 9.59 Å². The van der Waals surface area contributed by atoms with E-state index < -0.39 is 32.2 Å². The summed E-state index contributed by atoms with van der Waals surface area (Å²) in [6.07, 6.45) is 3.91. The van der Waals surface area contributed by atoms with E-state index in [1.165, 1.54) is 17.9 Å². The zero-order valence-corrected chi connectivity index (χ0v) is 17.6. The van der Waals surface area contributed by atoms with Crippen LogP contribution in [0.1, 0.15) is 30.9 Å². The maximum absolute atomic E-state index is 14.0. The van der Waals surface area contributed by atoms with Crippen molar-refractivity contribution in [1.82, 2.24) is 9.62 Å². The molecule has 3 rings (SSSR count). The van der Waals surface area contributed by atoms with E-state index in [2.05, 4.69) is 0 Å². The molecule has 158 valence electrons. The molecule has 0 saturated carbocycles. The van der Waals surface area contributed by atoms with Crippen LogP contribution in [-0.4, -0.2) is 37.2 Å². The predicted molar refractivity (Wildman–Crippen MR) is 111 cm³/mol. The molecule has 1 N–H and O–H groups in total. The van der Waals surface area contributed by atoms with E-state index in [1.54, 1.807) is 19.1 Å². The molecule has 1 unspecified atom stereocenters. The number of carbonyl (C=O) groups is 2. The molecule has 30 heavy (non-hydrogen) atoms. The Labute approximate surface area is 175 Å². The van der Waals surface area contributed by atoms with Gasteiger partial charge in [-0.2, -0.15) is 0 Å². The Hall–Kier alpha value is -3.00. The van der Waals surface area contributed by atoms with Crippen LogP contribution >= 0.6 is 0 Å². The first kappa shape index (κ1) is 21.7. The molecule has 1 atom stereocenters. The Morgan fingerprint density at radius 3 is 2.53 bits per heavy atom. The standard InChI is InChI=1S/C22H23FN2O4S/c1-16-11-12-18(23)19(15-16)30(28,29)24-21(27)22(2)13-14-25(22)20(26)10-6-9-17-7-4-3-5-8-17/h3-9,11-12,15H,10,13-14H2,1-2H3,(H,24,27)/b9-6+. The number of amides is 2. The average Bonchev–Trinajstić information content (AvgIpc) is 2.68. The van der Waals surface area contributed by atoms with Crippen molar-refractivity contribution in [2.24, 2.45) is 0 Å². The second-order valence-corrected chi connectivity index (χ2v) is 9.11. The second-order valence-electron chi connectivity index (χ2n) is 7.45. The molecule has 1 aliphatic heterocycles. The molecule has 1 fully saturated rings. The van der Waals surface area contributed by atoms with Gasteiger partial charge in [0.1, 0.15) is 16.3 Å². The van der Waals surface area contributed by atoms with Gasteiger partial charge < -0.3 is 4.90 Å². The number of benzene rings is 2. The maximum Gasteiger partial charge on any atom is 0.267 e. The van der Waals surface area contributed by atoms with Gasteiger partial charge in [-0.05, 0) is 43.5 Å². The quantitative estimate of drug-likeness (QED) is 0.764. The molecule has 1 saturated heterocycles. The topological polar surface area (TPSA) is 83.6 Å². The SMILES string of the molecule is Cc1ccc(F)c(S(=O)(=O)NC(=O)C2(C)CCN2C(=O)C/C=C/c2ccccc2)c1. The van der Waals surface area contributed by atoms with Gasteiger partial charge in [-0.25, -0.2) is 17.5 Å². The summed E-state index contributed by atoms with van der Waals surface area (Å²) >= 11 is 0. The van der Waals surface area contributed by atoms with Crippen LogP contribution in [0.5, 0.6) is 0 Å². The van der Waals surface area contributed by atoms with E-state index in [9.17, 15) is 22.4 Å². The lowest BCUT2D eigenvalue weighted by atomic mass is 9.85. The van der Waals surface area contributed by atoms with Gasteiger partial charge >= 0.3 is 0 Å². The van der Waals surface area contributed by atoms with E-state index in [-0.39, 0.29) is 12.3 Å². The van der Waals surface area contributed by atoms with Crippen LogP contribution in [-0.2, 0) is 19.6 Å². The number of sulfonamides is 1. The smallest absolute Gasteiger partial charge is 0.267 e. The molecule has 0 bridgehead atoms. The Morgan fingerprint density at radius 1 is 1.20 bits per heavy atom. The molecule has 0 aliphatic carbocycles. The third-order valence-electron chi connectivity index (χ3n) is 5.21. The Morgan fingerprint density at radius 2 is 1.90 bits per heavy atom. The van der Waals surface area contributed by atoms with Crippen molar-refractivity contribution in [2.45, 2.75) is 37.1 Å². The number of likely N-dealkylation sites (tertiary alicyclic amines) is 1. The second kappa shape index (κ2) is 8.39. The number of halogens is 1. The molecule has 6 nitrogen and oxygen atoms in total. The van der Waals surface area contributed by atoms with Gasteiger partial charge in [0.15, 0.2) is 0 Å². The first-order valence-corrected chi connectivity index (χ1v) is 11.0. The van der Waals surface area contributed by atoms with Crippen LogP contribution in [0.2, 0.25) is 0 Å². The number of nitrogens with zero attached hydrogens (tertiary/aromatic N) is 1. The molecule has 2 amide bonds. The minimum atomic E-state index is -4.40. The van der Waals surface area contributed by atoms with E-state index in [4.69, 9.17) is 0 Å². The lowest BCUT2D eigenvalue weighted by molar-refractivity contribution is -0.155. The highest BCUT2D eigenvalue weighted by Gasteiger charge is 2.50. The minimum Gasteiger partial charge on any atom is -0.328 e. The highest BCUT2D eigenvalue weighted by molar-refractivity contribution is 7.90. The summed E-state index contributed by atoms with van der Waals surface area (Å²) in [5, 5.41) is 0. The molecule has 0 radical (unpaired) electrons. The number of nitrogens with one attached hydrogen (secondary N) is 1. The molecule has 1 heterocycles. The third kappa shape index (κ3) is 4.43. The normalized spacial score (nSPS) is 18.8. The molecular formula is C22H23FN2O4S. The fourth-order valence-electron chi connectivity index (χ4n) is 3.27. The van der Waals surface area contributed by atoms with Gasteiger partial charge in [0, 0.05) is 13.0 Å². The van der Waals surface area contributed by atoms with E-state index in [0.717, 1.165) is 17.7 Å². The van der Waals surface area contributed by atoms with Gasteiger partial charge in [0.05, 0.1) is 0 Å². The van der Waals surface area contributed by atoms with Crippen LogP contribution in [0.4, 0.5) is 4.39 Å². The molecule has 2 aromatic rings. The zero-order chi connectivity index (χ0) is 21.9. The van der Waals surface area contributed by atoms with Crippen molar-refractivity contribution >= 4 is 27.9 Å². The van der Waals surface area contributed by atoms with Crippen molar-refractivity contribution in [3.63, 3.8) is 0 Å². The average molecular weight is 431 g/mol. The number of carbonyl (C=O) groups excluding carboxylic acids is 2. The van der Waals surface area contributed by atoms with Crippen molar-refractivity contribution in [3.8, 4) is 0 Å². The third-order valence-corrected chi connectivity index (χ3v) is 6.56. The van der Waals surface area contributed by atoms with Crippen molar-refractivity contribution in [1.29, 1.82) is 0 Å². The van der Waals surface area contributed by atoms with E-state index >= 15 is 0 Å². The van der Waals surface area contributed by atoms with Crippen molar-refractivity contribution in [2.75, 3.05) is 6.54 Å². The summed E-state index contributed by atoms with van der Waals surface area (Å²) in [5.41, 5.74) is 0.187. The number of hydrogen-bond acceptors (Lipinski definition) is 4. The summed E-state index contributed by atoms with van der Waals surface area (Å²) in [6.45, 7) is 3.48. The number of rotatable bonds is 6. The number of aryl methyl sites for hydroxylation is 1. The zero-order valence-electron chi connectivity index (χ0n) is 16.8. The van der Waals surface area contributed by atoms with Crippen LogP contribution < -0.4 is 4.72 Å². The van der Waals surface area contributed by atoms with E-state index in [1.807, 2.05) is 35.1 Å². The van der Waals surface area contributed by atoms with Crippen LogP contribution in [0.3, 0.4) is 0 Å². The fraction of sp³-hybridized carbons (Fsp3) is 0.273. The Kier molecular flexibility index (Phi) is 6.07. The molecular weight excluding hydrogens is 407 g/mol. The largest absolute Gasteiger partial charge is 0.328 e. The summed E-state index contributed by atoms with van der Waals surface area (Å²) in [5.74, 6) is -2.08. The predicted octanol–water partition coefficient (Wildman–Crippen LogP) is 3.03. The molecule has 1 aliphatic rings. The summed E-state index contributed by atoms with van der Waals surface area (Å²) < 4.78 is 41.0. The lowest BCUT2D eigenvalue weighted by Crippen LogP contribution is -2.67. The number of hydrogen-bond donors (Lipinski definition) is 1. The fourth-order valence-corrected chi connectivity index (χ4v) is 4.51. The maximum atomic E-state index is 14.0. The van der Waals surface area contributed by atoms with Crippen LogP contribution in [0.25, 0.3) is 6.08 Å². The van der Waals surface area contributed by atoms with Crippen LogP contribution in [0.15, 0.2) is 59.5 Å². The van der Waals surface area contributed by atoms with Gasteiger partial charge in [-0.15, -0.1) is 0 Å². The molecule has 0 spiro atoms. The Balaban J connectivity index is 1.68. The first-order valence-electron chi connectivity index (χ1n) is 9.49. The lowest BCUT2D eigenvalue weighted by Gasteiger charge is -2.48. The highest BCUT2D eigenvalue weighted by Crippen LogP contribution is 2.32. The molecule has 8 heteroatoms. The van der Waals surface area contributed by atoms with Gasteiger partial charge in [-0.1, -0.05) is 48.6 Å². The molecule has 0 aromatic heterocycles. The molecule has 2 aromatic carbocycles. The van der Waals surface area contributed by atoms with Crippen molar-refractivity contribution < 1.29 is 22.4 Å². The highest BCUT2D eigenvalue weighted by atomic mass is 32.2. The van der Waals surface area contributed by atoms with Crippen molar-refractivity contribution in [3.05, 3.63) is 71.6 Å². The summed E-state index contributed by atoms with van der Waals surface area (Å²) in [4.78, 5) is 26.0. The Bertz CT molecular complexity index is 1100. The summed E-state index contributed by atoms with van der Waals surface area (Å²) in [7, 11) is -4.40. The monoisotopic (exact) mass is 430 g/mol.